The Morgan fingerprint density at radius 1 is 0.658 bits per heavy atom. The van der Waals surface area contributed by atoms with Gasteiger partial charge in [0, 0.05) is 27.2 Å². The summed E-state index contributed by atoms with van der Waals surface area (Å²) in [7, 11) is 4.23. The van der Waals surface area contributed by atoms with E-state index in [1.807, 2.05) is 6.07 Å². The van der Waals surface area contributed by atoms with Crippen molar-refractivity contribution in [3.63, 3.8) is 0 Å². The molecule has 38 heavy (non-hydrogen) atoms. The maximum Gasteiger partial charge on any atom is 0.332 e. The van der Waals surface area contributed by atoms with Gasteiger partial charge in [0.15, 0.2) is 0 Å². The van der Waals surface area contributed by atoms with Crippen LogP contribution >= 0.6 is 0 Å². The molecule has 2 saturated heterocycles. The summed E-state index contributed by atoms with van der Waals surface area (Å²) in [6.45, 7) is -0.391. The normalized spacial score (nSPS) is 19.1. The molecule has 0 radical (unpaired) electrons. The first-order valence-corrected chi connectivity index (χ1v) is 12.0. The average molecular weight is 520 g/mol. The van der Waals surface area contributed by atoms with Crippen LogP contribution in [-0.4, -0.2) is 84.6 Å². The van der Waals surface area contributed by atoms with Crippen LogP contribution in [0.15, 0.2) is 60.7 Å². The van der Waals surface area contributed by atoms with Gasteiger partial charge in [-0.15, -0.1) is 0 Å². The zero-order valence-electron chi connectivity index (χ0n) is 21.4. The van der Waals surface area contributed by atoms with Crippen LogP contribution < -0.4 is 10.6 Å². The lowest BCUT2D eigenvalue weighted by atomic mass is 9.75. The van der Waals surface area contributed by atoms with Crippen LogP contribution in [0.2, 0.25) is 0 Å². The van der Waals surface area contributed by atoms with E-state index in [0.717, 1.165) is 9.80 Å². The van der Waals surface area contributed by atoms with Crippen LogP contribution in [0.5, 0.6) is 0 Å². The van der Waals surface area contributed by atoms with Crippen molar-refractivity contribution in [1.82, 2.24) is 25.3 Å². The molecule has 0 aliphatic carbocycles. The second-order valence-electron chi connectivity index (χ2n) is 9.91. The van der Waals surface area contributed by atoms with Crippen molar-refractivity contribution in [3.8, 4) is 0 Å². The van der Waals surface area contributed by atoms with Gasteiger partial charge in [0.25, 0.3) is 0 Å². The standard InChI is InChI=1S/C27H29N5O6/c1-30(16-26(14-18-10-6-4-7-11-18)20(33)28-24(37)29-21(26)34)17-27(15-19-12-8-5-9-13-19)22(35)31(2)25(38)32(3)23(27)36/h4-13H,14-17H2,1-3H3,(H2,28,29,33,34,37). The van der Waals surface area contributed by atoms with Crippen molar-refractivity contribution in [1.29, 1.82) is 0 Å². The van der Waals surface area contributed by atoms with Crippen LogP contribution in [0.4, 0.5) is 9.59 Å². The fraction of sp³-hybridized carbons (Fsp3) is 0.333. The molecule has 2 aromatic carbocycles. The number of carbonyl (C=O) groups is 6. The van der Waals surface area contributed by atoms with Crippen LogP contribution in [0.3, 0.4) is 0 Å². The molecule has 2 N–H and O–H groups in total. The number of urea groups is 2. The van der Waals surface area contributed by atoms with E-state index in [2.05, 4.69) is 10.6 Å². The Bertz CT molecular complexity index is 1250. The predicted molar refractivity (Wildman–Crippen MR) is 135 cm³/mol. The highest BCUT2D eigenvalue weighted by Crippen LogP contribution is 2.35. The van der Waals surface area contributed by atoms with Crippen molar-refractivity contribution in [3.05, 3.63) is 71.8 Å². The van der Waals surface area contributed by atoms with Crippen molar-refractivity contribution in [2.75, 3.05) is 34.2 Å². The highest BCUT2D eigenvalue weighted by molar-refractivity contribution is 6.20. The molecule has 2 aliphatic rings. The number of hydrogen-bond acceptors (Lipinski definition) is 7. The molecule has 0 atom stereocenters. The highest BCUT2D eigenvalue weighted by Gasteiger charge is 2.57. The number of imide groups is 4. The molecule has 2 aliphatic heterocycles. The van der Waals surface area contributed by atoms with Gasteiger partial charge < -0.3 is 4.90 Å². The molecule has 198 valence electrons. The van der Waals surface area contributed by atoms with Crippen LogP contribution in [0.25, 0.3) is 0 Å². The first-order chi connectivity index (χ1) is 18.0. The summed E-state index contributed by atoms with van der Waals surface area (Å²) < 4.78 is 0. The molecule has 0 spiro atoms. The van der Waals surface area contributed by atoms with E-state index in [1.165, 1.54) is 14.1 Å². The van der Waals surface area contributed by atoms with Crippen LogP contribution in [0.1, 0.15) is 11.1 Å². The highest BCUT2D eigenvalue weighted by atomic mass is 16.2. The third-order valence-corrected chi connectivity index (χ3v) is 7.10. The molecule has 4 rings (SSSR count). The molecule has 0 unspecified atom stereocenters. The summed E-state index contributed by atoms with van der Waals surface area (Å²) in [5.74, 6) is -2.90. The Kier molecular flexibility index (Phi) is 7.14. The molecule has 2 fully saturated rings. The van der Waals surface area contributed by atoms with E-state index in [1.54, 1.807) is 66.5 Å². The van der Waals surface area contributed by atoms with Crippen LogP contribution in [0, 0.1) is 10.8 Å². The first-order valence-electron chi connectivity index (χ1n) is 12.0. The summed E-state index contributed by atoms with van der Waals surface area (Å²) in [6, 6.07) is 16.2. The lowest BCUT2D eigenvalue weighted by molar-refractivity contribution is -0.158. The third kappa shape index (κ3) is 4.68. The topological polar surface area (TPSA) is 136 Å². The van der Waals surface area contributed by atoms with Crippen molar-refractivity contribution in [2.45, 2.75) is 12.8 Å². The maximum absolute atomic E-state index is 13.6. The van der Waals surface area contributed by atoms with Gasteiger partial charge in [-0.2, -0.15) is 0 Å². The third-order valence-electron chi connectivity index (χ3n) is 7.10. The average Bonchev–Trinajstić information content (AvgIpc) is 2.89. The van der Waals surface area contributed by atoms with E-state index < -0.39 is 46.5 Å². The van der Waals surface area contributed by atoms with E-state index in [0.29, 0.717) is 11.1 Å². The minimum Gasteiger partial charge on any atom is -0.303 e. The van der Waals surface area contributed by atoms with Crippen molar-refractivity contribution in [2.24, 2.45) is 10.8 Å². The fourth-order valence-corrected chi connectivity index (χ4v) is 5.28. The van der Waals surface area contributed by atoms with Gasteiger partial charge in [0.1, 0.15) is 10.8 Å². The Hall–Kier alpha value is -4.38. The zero-order chi connectivity index (χ0) is 27.7. The second-order valence-corrected chi connectivity index (χ2v) is 9.91. The van der Waals surface area contributed by atoms with Gasteiger partial charge in [0.2, 0.25) is 23.6 Å². The number of nitrogens with one attached hydrogen (secondary N) is 2. The number of carbonyl (C=O) groups excluding carboxylic acids is 6. The molecule has 0 saturated carbocycles. The lowest BCUT2D eigenvalue weighted by Crippen LogP contribution is -2.69. The van der Waals surface area contributed by atoms with Gasteiger partial charge >= 0.3 is 12.1 Å². The number of benzene rings is 2. The summed E-state index contributed by atoms with van der Waals surface area (Å²) in [6.07, 6.45) is -0.0185. The Balaban J connectivity index is 1.72. The minimum absolute atomic E-state index is 0.000368. The molecule has 11 heteroatoms. The quantitative estimate of drug-likeness (QED) is 0.492. The Morgan fingerprint density at radius 3 is 1.50 bits per heavy atom. The maximum atomic E-state index is 13.6. The van der Waals surface area contributed by atoms with Gasteiger partial charge in [-0.25, -0.2) is 9.59 Å². The largest absolute Gasteiger partial charge is 0.332 e. The van der Waals surface area contributed by atoms with E-state index >= 15 is 0 Å². The molecule has 8 amide bonds. The Morgan fingerprint density at radius 2 is 1.05 bits per heavy atom. The first kappa shape index (κ1) is 26.7. The predicted octanol–water partition coefficient (Wildman–Crippen LogP) is 0.793. The van der Waals surface area contributed by atoms with Gasteiger partial charge in [-0.05, 0) is 31.0 Å². The number of rotatable bonds is 8. The molecular weight excluding hydrogens is 490 g/mol. The summed E-state index contributed by atoms with van der Waals surface area (Å²) in [5.41, 5.74) is -2.02. The summed E-state index contributed by atoms with van der Waals surface area (Å²) in [5, 5.41) is 4.37. The minimum atomic E-state index is -1.72. The van der Waals surface area contributed by atoms with Gasteiger partial charge in [-0.3, -0.25) is 39.6 Å². The monoisotopic (exact) mass is 519 g/mol. The number of hydrogen-bond donors (Lipinski definition) is 2. The summed E-state index contributed by atoms with van der Waals surface area (Å²) in [4.78, 5) is 81.4. The lowest BCUT2D eigenvalue weighted by Gasteiger charge is -2.44. The SMILES string of the molecule is CN(CC1(Cc2ccccc2)C(=O)NC(=O)NC1=O)CC1(Cc2ccccc2)C(=O)N(C)C(=O)N(C)C1=O. The second kappa shape index (κ2) is 10.2. The molecular formula is C27H29N5O6. The molecule has 11 nitrogen and oxygen atoms in total. The number of nitrogens with zero attached hydrogens (tertiary/aromatic N) is 3. The smallest absolute Gasteiger partial charge is 0.303 e. The Labute approximate surface area is 219 Å². The van der Waals surface area contributed by atoms with E-state index in [-0.39, 0.29) is 25.9 Å². The molecule has 2 heterocycles. The fourth-order valence-electron chi connectivity index (χ4n) is 5.28. The number of amides is 8. The summed E-state index contributed by atoms with van der Waals surface area (Å²) >= 11 is 0. The van der Waals surface area contributed by atoms with Crippen molar-refractivity contribution >= 4 is 35.7 Å². The van der Waals surface area contributed by atoms with Crippen LogP contribution in [-0.2, 0) is 32.0 Å². The number of barbiturate groups is 2. The van der Waals surface area contributed by atoms with Gasteiger partial charge in [-0.1, -0.05) is 60.7 Å². The molecule has 0 aromatic heterocycles. The van der Waals surface area contributed by atoms with Crippen molar-refractivity contribution < 1.29 is 28.8 Å². The molecule has 0 bridgehead atoms. The van der Waals surface area contributed by atoms with E-state index in [9.17, 15) is 28.8 Å². The van der Waals surface area contributed by atoms with E-state index in [4.69, 9.17) is 0 Å². The zero-order valence-corrected chi connectivity index (χ0v) is 21.4. The molecule has 2 aromatic rings. The van der Waals surface area contributed by atoms with Gasteiger partial charge in [0.05, 0.1) is 0 Å².